The molecule has 0 spiro atoms. The van der Waals surface area contributed by atoms with Crippen molar-refractivity contribution in [3.8, 4) is 17.2 Å². The van der Waals surface area contributed by atoms with Crippen LogP contribution < -0.4 is 19.1 Å². The molecule has 2 aromatic carbocycles. The van der Waals surface area contributed by atoms with E-state index >= 15 is 0 Å². The van der Waals surface area contributed by atoms with Gasteiger partial charge in [-0.3, -0.25) is 14.5 Å². The topological polar surface area (TPSA) is 65.1 Å². The summed E-state index contributed by atoms with van der Waals surface area (Å²) >= 11 is 5.97. The van der Waals surface area contributed by atoms with Crippen LogP contribution in [0.2, 0.25) is 5.02 Å². The molecular formula is C24H23ClFNO5. The van der Waals surface area contributed by atoms with Crippen LogP contribution in [0, 0.1) is 5.82 Å². The van der Waals surface area contributed by atoms with Crippen molar-refractivity contribution in [1.29, 1.82) is 0 Å². The molecule has 1 heterocycles. The first-order valence-electron chi connectivity index (χ1n) is 10.2. The van der Waals surface area contributed by atoms with Crippen molar-refractivity contribution >= 4 is 29.0 Å². The number of nitrogens with zero attached hydrogens (tertiary/aromatic N) is 1. The summed E-state index contributed by atoms with van der Waals surface area (Å²) in [6.45, 7) is 0. The Balaban J connectivity index is 1.90. The maximum Gasteiger partial charge on any atom is 0.232 e. The van der Waals surface area contributed by atoms with E-state index in [-0.39, 0.29) is 23.1 Å². The SMILES string of the molecule is COc1cc(OC)c(C2CC(=O)N(c3ccc(F)c(Cl)c3)C3=C2C(=O)CCC3)cc1OC. The molecule has 0 saturated heterocycles. The number of methoxy groups -OCH3 is 3. The van der Waals surface area contributed by atoms with Gasteiger partial charge < -0.3 is 14.2 Å². The summed E-state index contributed by atoms with van der Waals surface area (Å²) in [6, 6.07) is 7.58. The number of ether oxygens (including phenoxy) is 3. The number of allylic oxidation sites excluding steroid dienone is 2. The van der Waals surface area contributed by atoms with Crippen molar-refractivity contribution in [2.75, 3.05) is 26.2 Å². The fourth-order valence-corrected chi connectivity index (χ4v) is 4.68. The predicted octanol–water partition coefficient (Wildman–Crippen LogP) is 5.03. The summed E-state index contributed by atoms with van der Waals surface area (Å²) in [5.41, 5.74) is 2.32. The Hall–Kier alpha value is -3.06. The van der Waals surface area contributed by atoms with Crippen molar-refractivity contribution in [2.45, 2.75) is 31.6 Å². The normalized spacial score (nSPS) is 18.5. The van der Waals surface area contributed by atoms with Gasteiger partial charge in [0.1, 0.15) is 11.6 Å². The number of halogens is 2. The van der Waals surface area contributed by atoms with Crippen LogP contribution in [0.25, 0.3) is 0 Å². The van der Waals surface area contributed by atoms with Crippen LogP contribution in [0.5, 0.6) is 17.2 Å². The van der Waals surface area contributed by atoms with Crippen molar-refractivity contribution in [3.63, 3.8) is 0 Å². The summed E-state index contributed by atoms with van der Waals surface area (Å²) in [4.78, 5) is 28.0. The molecule has 1 atom stereocenters. The van der Waals surface area contributed by atoms with Gasteiger partial charge in [0.2, 0.25) is 5.91 Å². The Morgan fingerprint density at radius 1 is 0.969 bits per heavy atom. The number of hydrogen-bond acceptors (Lipinski definition) is 5. The minimum Gasteiger partial charge on any atom is -0.496 e. The number of amides is 1. The van der Waals surface area contributed by atoms with Crippen LogP contribution in [0.15, 0.2) is 41.6 Å². The van der Waals surface area contributed by atoms with Crippen LogP contribution in [0.1, 0.15) is 37.2 Å². The molecule has 0 saturated carbocycles. The van der Waals surface area contributed by atoms with Crippen molar-refractivity contribution < 1.29 is 28.2 Å². The first-order chi connectivity index (χ1) is 15.4. The standard InChI is InChI=1S/C24H23ClFNO5/c1-30-20-12-22(32-3)21(31-2)10-14(20)15-11-23(29)27(13-7-8-17(26)16(25)9-13)18-5-4-6-19(28)24(15)18/h7-10,12,15H,4-6,11H2,1-3H3. The van der Waals surface area contributed by atoms with E-state index in [4.69, 9.17) is 25.8 Å². The molecule has 2 aliphatic rings. The lowest BCUT2D eigenvalue weighted by atomic mass is 9.76. The van der Waals surface area contributed by atoms with Gasteiger partial charge in [-0.15, -0.1) is 0 Å². The van der Waals surface area contributed by atoms with E-state index in [9.17, 15) is 14.0 Å². The Kier molecular flexibility index (Phi) is 6.11. The highest BCUT2D eigenvalue weighted by molar-refractivity contribution is 6.31. The zero-order chi connectivity index (χ0) is 23.0. The summed E-state index contributed by atoms with van der Waals surface area (Å²) in [5.74, 6) is 0.190. The third kappa shape index (κ3) is 3.71. The fourth-order valence-electron chi connectivity index (χ4n) is 4.51. The second-order valence-corrected chi connectivity index (χ2v) is 8.08. The molecule has 6 nitrogen and oxygen atoms in total. The molecule has 1 aliphatic heterocycles. The van der Waals surface area contributed by atoms with E-state index in [1.807, 2.05) is 0 Å². The van der Waals surface area contributed by atoms with E-state index < -0.39 is 11.7 Å². The lowest BCUT2D eigenvalue weighted by Crippen LogP contribution is -2.40. The van der Waals surface area contributed by atoms with Gasteiger partial charge in [-0.1, -0.05) is 11.6 Å². The lowest BCUT2D eigenvalue weighted by Gasteiger charge is -2.38. The zero-order valence-electron chi connectivity index (χ0n) is 18.0. The number of hydrogen-bond donors (Lipinski definition) is 0. The molecule has 0 aromatic heterocycles. The molecular weight excluding hydrogens is 437 g/mol. The van der Waals surface area contributed by atoms with Crippen LogP contribution in [0.4, 0.5) is 10.1 Å². The molecule has 0 N–H and O–H groups in total. The second kappa shape index (κ2) is 8.82. The monoisotopic (exact) mass is 459 g/mol. The largest absolute Gasteiger partial charge is 0.496 e. The van der Waals surface area contributed by atoms with Gasteiger partial charge in [0.05, 0.1) is 32.0 Å². The number of rotatable bonds is 5. The summed E-state index contributed by atoms with van der Waals surface area (Å²) in [7, 11) is 4.58. The summed E-state index contributed by atoms with van der Waals surface area (Å²) < 4.78 is 30.1. The van der Waals surface area contributed by atoms with Gasteiger partial charge in [-0.05, 0) is 37.1 Å². The van der Waals surface area contributed by atoms with Gasteiger partial charge in [0.15, 0.2) is 17.3 Å². The maximum atomic E-state index is 13.7. The summed E-state index contributed by atoms with van der Waals surface area (Å²) in [5, 5.41) is -0.0803. The van der Waals surface area contributed by atoms with E-state index in [1.54, 1.807) is 12.1 Å². The minimum absolute atomic E-state index is 0.0150. The number of ketones is 1. The van der Waals surface area contributed by atoms with E-state index in [1.165, 1.54) is 44.4 Å². The molecule has 2 aromatic rings. The Labute approximate surface area is 190 Å². The summed E-state index contributed by atoms with van der Waals surface area (Å²) in [6.07, 6.45) is 1.63. The van der Waals surface area contributed by atoms with Gasteiger partial charge in [0, 0.05) is 41.7 Å². The number of carbonyl (C=O) groups is 2. The number of benzene rings is 2. The third-order valence-corrected chi connectivity index (χ3v) is 6.24. The van der Waals surface area contributed by atoms with E-state index in [0.29, 0.717) is 59.0 Å². The van der Waals surface area contributed by atoms with Gasteiger partial charge >= 0.3 is 0 Å². The van der Waals surface area contributed by atoms with Crippen LogP contribution in [-0.4, -0.2) is 33.0 Å². The number of carbonyl (C=O) groups excluding carboxylic acids is 2. The molecule has 1 amide bonds. The highest BCUT2D eigenvalue weighted by atomic mass is 35.5. The molecule has 0 bridgehead atoms. The average molecular weight is 460 g/mol. The second-order valence-electron chi connectivity index (χ2n) is 7.67. The van der Waals surface area contributed by atoms with Gasteiger partial charge in [-0.25, -0.2) is 4.39 Å². The highest BCUT2D eigenvalue weighted by Crippen LogP contribution is 2.48. The molecule has 1 aliphatic carbocycles. The minimum atomic E-state index is -0.568. The first-order valence-corrected chi connectivity index (χ1v) is 10.6. The smallest absolute Gasteiger partial charge is 0.232 e. The molecule has 4 rings (SSSR count). The molecule has 168 valence electrons. The van der Waals surface area contributed by atoms with E-state index in [2.05, 4.69) is 0 Å². The van der Waals surface area contributed by atoms with Crippen molar-refractivity contribution in [1.82, 2.24) is 0 Å². The lowest BCUT2D eigenvalue weighted by molar-refractivity contribution is -0.119. The Bertz CT molecular complexity index is 1130. The predicted molar refractivity (Wildman–Crippen MR) is 118 cm³/mol. The van der Waals surface area contributed by atoms with Crippen LogP contribution >= 0.6 is 11.6 Å². The quantitative estimate of drug-likeness (QED) is 0.627. The first kappa shape index (κ1) is 22.1. The van der Waals surface area contributed by atoms with Gasteiger partial charge in [-0.2, -0.15) is 0 Å². The fraction of sp³-hybridized carbons (Fsp3) is 0.333. The Morgan fingerprint density at radius 3 is 2.31 bits per heavy atom. The van der Waals surface area contributed by atoms with E-state index in [0.717, 1.165) is 0 Å². The van der Waals surface area contributed by atoms with Gasteiger partial charge in [0.25, 0.3) is 0 Å². The highest BCUT2D eigenvalue weighted by Gasteiger charge is 2.41. The van der Waals surface area contributed by atoms with Crippen molar-refractivity contribution in [3.05, 3.63) is 58.0 Å². The van der Waals surface area contributed by atoms with Crippen LogP contribution in [-0.2, 0) is 9.59 Å². The average Bonchev–Trinajstić information content (AvgIpc) is 2.79. The van der Waals surface area contributed by atoms with Crippen molar-refractivity contribution in [2.24, 2.45) is 0 Å². The number of anilines is 1. The zero-order valence-corrected chi connectivity index (χ0v) is 18.8. The molecule has 0 radical (unpaired) electrons. The molecule has 0 fully saturated rings. The molecule has 8 heteroatoms. The molecule has 32 heavy (non-hydrogen) atoms. The van der Waals surface area contributed by atoms with Crippen LogP contribution in [0.3, 0.4) is 0 Å². The maximum absolute atomic E-state index is 13.7. The third-order valence-electron chi connectivity index (χ3n) is 5.95. The molecule has 1 unspecified atom stereocenters. The number of Topliss-reactive ketones (excluding diaryl/α,β-unsaturated/α-hetero) is 1. The Morgan fingerprint density at radius 2 is 1.66 bits per heavy atom.